The lowest BCUT2D eigenvalue weighted by atomic mass is 10.1. The quantitative estimate of drug-likeness (QED) is 0.770. The Kier molecular flexibility index (Phi) is 5.38. The van der Waals surface area contributed by atoms with E-state index in [-0.39, 0.29) is 0 Å². The van der Waals surface area contributed by atoms with Gasteiger partial charge in [0.2, 0.25) is 0 Å². The summed E-state index contributed by atoms with van der Waals surface area (Å²) in [5.41, 5.74) is 4.91. The van der Waals surface area contributed by atoms with Gasteiger partial charge in [0.15, 0.2) is 0 Å². The highest BCUT2D eigenvalue weighted by Crippen LogP contribution is 2.22. The molecule has 2 aromatic heterocycles. The van der Waals surface area contributed by atoms with E-state index in [1.54, 1.807) is 0 Å². The number of hydrogen-bond acceptors (Lipinski definition) is 4. The Bertz CT molecular complexity index is 800. The van der Waals surface area contributed by atoms with Crippen LogP contribution in [0.25, 0.3) is 11.3 Å². The predicted octanol–water partition coefficient (Wildman–Crippen LogP) is 3.18. The number of aromatic nitrogens is 3. The van der Waals surface area contributed by atoms with E-state index in [4.69, 9.17) is 0 Å². The molecule has 1 aromatic carbocycles. The molecule has 0 atom stereocenters. The minimum absolute atomic E-state index is 0.946. The van der Waals surface area contributed by atoms with E-state index in [0.29, 0.717) is 0 Å². The van der Waals surface area contributed by atoms with Crippen molar-refractivity contribution in [1.29, 1.82) is 0 Å². The van der Waals surface area contributed by atoms with Crippen LogP contribution in [0.5, 0.6) is 0 Å². The highest BCUT2D eigenvalue weighted by atomic mass is 15.2. The second-order valence-electron chi connectivity index (χ2n) is 6.90. The van der Waals surface area contributed by atoms with Crippen molar-refractivity contribution in [2.45, 2.75) is 19.5 Å². The van der Waals surface area contributed by atoms with Gasteiger partial charge in [0.1, 0.15) is 0 Å². The molecule has 0 unspecified atom stereocenters. The highest BCUT2D eigenvalue weighted by Gasteiger charge is 2.17. The van der Waals surface area contributed by atoms with Gasteiger partial charge in [-0.05, 0) is 36.7 Å². The molecule has 134 valence electrons. The Labute approximate surface area is 154 Å². The summed E-state index contributed by atoms with van der Waals surface area (Å²) in [6.07, 6.45) is 6.97. The van der Waals surface area contributed by atoms with Gasteiger partial charge in [0, 0.05) is 44.1 Å². The second-order valence-corrected chi connectivity index (χ2v) is 6.90. The maximum Gasteiger partial charge on any atom is 0.0695 e. The number of pyridine rings is 1. The van der Waals surface area contributed by atoms with Crippen LogP contribution < -0.4 is 0 Å². The van der Waals surface area contributed by atoms with Gasteiger partial charge in [0.05, 0.1) is 11.9 Å². The molecule has 5 heteroatoms. The van der Waals surface area contributed by atoms with E-state index in [1.165, 1.54) is 23.1 Å². The number of nitrogens with one attached hydrogen (secondary N) is 1. The number of nitrogens with zero attached hydrogens (tertiary/aromatic N) is 4. The molecular formula is C21H25N5. The lowest BCUT2D eigenvalue weighted by Crippen LogP contribution is -2.30. The molecule has 3 aromatic rings. The summed E-state index contributed by atoms with van der Waals surface area (Å²) in [7, 11) is 0. The molecule has 5 nitrogen and oxygen atoms in total. The van der Waals surface area contributed by atoms with Gasteiger partial charge in [-0.2, -0.15) is 5.10 Å². The molecule has 3 heterocycles. The minimum atomic E-state index is 0.946. The average Bonchev–Trinajstić information content (AvgIpc) is 3.04. The zero-order valence-corrected chi connectivity index (χ0v) is 15.0. The number of H-pyrrole nitrogens is 1. The fraction of sp³-hybridized carbons (Fsp3) is 0.333. The minimum Gasteiger partial charge on any atom is -0.298 e. The summed E-state index contributed by atoms with van der Waals surface area (Å²) >= 11 is 0. The van der Waals surface area contributed by atoms with Gasteiger partial charge in [-0.25, -0.2) is 0 Å². The zero-order chi connectivity index (χ0) is 17.6. The molecular weight excluding hydrogens is 322 g/mol. The highest BCUT2D eigenvalue weighted by molar-refractivity contribution is 5.62. The van der Waals surface area contributed by atoms with Crippen molar-refractivity contribution in [3.63, 3.8) is 0 Å². The molecule has 1 N–H and O–H groups in total. The van der Waals surface area contributed by atoms with Crippen LogP contribution >= 0.6 is 0 Å². The molecule has 0 saturated carbocycles. The van der Waals surface area contributed by atoms with Crippen LogP contribution in [0, 0.1) is 0 Å². The van der Waals surface area contributed by atoms with Crippen molar-refractivity contribution >= 4 is 0 Å². The summed E-state index contributed by atoms with van der Waals surface area (Å²) in [4.78, 5) is 9.30. The molecule has 1 saturated heterocycles. The fourth-order valence-corrected chi connectivity index (χ4v) is 3.62. The average molecular weight is 347 g/mol. The van der Waals surface area contributed by atoms with Crippen LogP contribution in [0.1, 0.15) is 17.5 Å². The molecule has 1 aliphatic heterocycles. The Hall–Kier alpha value is -2.50. The van der Waals surface area contributed by atoms with Crippen molar-refractivity contribution in [3.8, 4) is 11.3 Å². The van der Waals surface area contributed by atoms with E-state index in [2.05, 4.69) is 55.3 Å². The van der Waals surface area contributed by atoms with E-state index in [1.807, 2.05) is 30.7 Å². The van der Waals surface area contributed by atoms with Crippen LogP contribution in [-0.2, 0) is 13.1 Å². The van der Waals surface area contributed by atoms with Crippen LogP contribution in [0.4, 0.5) is 0 Å². The molecule has 0 spiro atoms. The molecule has 0 radical (unpaired) electrons. The smallest absolute Gasteiger partial charge is 0.0695 e. The zero-order valence-electron chi connectivity index (χ0n) is 15.0. The van der Waals surface area contributed by atoms with E-state index < -0.39 is 0 Å². The second kappa shape index (κ2) is 8.25. The van der Waals surface area contributed by atoms with Gasteiger partial charge >= 0.3 is 0 Å². The fourth-order valence-electron chi connectivity index (χ4n) is 3.62. The third-order valence-corrected chi connectivity index (χ3v) is 4.98. The predicted molar refractivity (Wildman–Crippen MR) is 103 cm³/mol. The molecule has 4 rings (SSSR count). The summed E-state index contributed by atoms with van der Waals surface area (Å²) < 4.78 is 0. The molecule has 1 aliphatic rings. The Morgan fingerprint density at radius 2 is 1.65 bits per heavy atom. The van der Waals surface area contributed by atoms with Crippen molar-refractivity contribution < 1.29 is 0 Å². The Balaban J connectivity index is 1.38. The molecule has 0 bridgehead atoms. The van der Waals surface area contributed by atoms with Crippen molar-refractivity contribution in [2.75, 3.05) is 26.2 Å². The third-order valence-electron chi connectivity index (χ3n) is 4.98. The van der Waals surface area contributed by atoms with Crippen LogP contribution in [0.3, 0.4) is 0 Å². The third kappa shape index (κ3) is 4.18. The summed E-state index contributed by atoms with van der Waals surface area (Å²) in [5.74, 6) is 0. The lowest BCUT2D eigenvalue weighted by Gasteiger charge is -2.21. The van der Waals surface area contributed by atoms with Crippen LogP contribution in [0.15, 0.2) is 61.1 Å². The monoisotopic (exact) mass is 347 g/mol. The molecule has 0 aliphatic carbocycles. The first kappa shape index (κ1) is 16.9. The van der Waals surface area contributed by atoms with Crippen molar-refractivity contribution in [1.82, 2.24) is 25.0 Å². The summed E-state index contributed by atoms with van der Waals surface area (Å²) in [6, 6.07) is 14.6. The van der Waals surface area contributed by atoms with Gasteiger partial charge in [-0.1, -0.05) is 36.4 Å². The van der Waals surface area contributed by atoms with Crippen molar-refractivity contribution in [3.05, 3.63) is 72.2 Å². The maximum absolute atomic E-state index is 4.29. The van der Waals surface area contributed by atoms with Gasteiger partial charge < -0.3 is 0 Å². The molecule has 0 amide bonds. The largest absolute Gasteiger partial charge is 0.298 e. The maximum atomic E-state index is 4.29. The standard InChI is InChI=1S/C21H25N5/c1-2-7-19(8-3-1)21-20(15-23-24-21)17-26-11-5-10-25(12-13-26)16-18-6-4-9-22-14-18/h1-4,6-9,14-15H,5,10-13,16-17H2,(H,23,24). The topological polar surface area (TPSA) is 48.1 Å². The van der Waals surface area contributed by atoms with E-state index in [0.717, 1.165) is 45.0 Å². The number of rotatable bonds is 5. The Morgan fingerprint density at radius 1 is 0.846 bits per heavy atom. The number of benzene rings is 1. The van der Waals surface area contributed by atoms with Gasteiger partial charge in [-0.15, -0.1) is 0 Å². The Morgan fingerprint density at radius 3 is 2.42 bits per heavy atom. The van der Waals surface area contributed by atoms with Gasteiger partial charge in [0.25, 0.3) is 0 Å². The van der Waals surface area contributed by atoms with E-state index >= 15 is 0 Å². The van der Waals surface area contributed by atoms with Crippen LogP contribution in [0.2, 0.25) is 0 Å². The first-order chi connectivity index (χ1) is 12.9. The van der Waals surface area contributed by atoms with Crippen molar-refractivity contribution in [2.24, 2.45) is 0 Å². The lowest BCUT2D eigenvalue weighted by molar-refractivity contribution is 0.247. The van der Waals surface area contributed by atoms with E-state index in [9.17, 15) is 0 Å². The number of hydrogen-bond donors (Lipinski definition) is 1. The normalized spacial score (nSPS) is 16.5. The SMILES string of the molecule is c1ccc(-c2[nH]ncc2CN2CCCN(Cc3cccnc3)CC2)cc1. The molecule has 26 heavy (non-hydrogen) atoms. The molecule has 1 fully saturated rings. The first-order valence-electron chi connectivity index (χ1n) is 9.30. The summed E-state index contributed by atoms with van der Waals surface area (Å²) in [6.45, 7) is 6.38. The number of aromatic amines is 1. The van der Waals surface area contributed by atoms with Gasteiger partial charge in [-0.3, -0.25) is 19.9 Å². The summed E-state index contributed by atoms with van der Waals surface area (Å²) in [5, 5.41) is 7.46. The van der Waals surface area contributed by atoms with Crippen LogP contribution in [-0.4, -0.2) is 51.2 Å². The first-order valence-corrected chi connectivity index (χ1v) is 9.30.